The van der Waals surface area contributed by atoms with Crippen molar-refractivity contribution in [1.29, 1.82) is 0 Å². The minimum absolute atomic E-state index is 0.0218. The minimum atomic E-state index is -0.797. The summed E-state index contributed by atoms with van der Waals surface area (Å²) in [6, 6.07) is 9.38. The SMILES string of the molecule is CN1C(=O)N(CC(=O)N2[C@H](Cc3ccccc3)C[C@]3(C)NC(=O)CCC[C@H]23)C(=O)C12CCCCC2. The Bertz CT molecular complexity index is 1020. The average Bonchev–Trinajstić information content (AvgIpc) is 3.12. The molecule has 5 amide bonds. The second kappa shape index (κ2) is 8.95. The number of hydrogen-bond acceptors (Lipinski definition) is 4. The Morgan fingerprint density at radius 2 is 1.77 bits per heavy atom. The molecule has 188 valence electrons. The second-order valence-electron chi connectivity index (χ2n) is 11.0. The number of nitrogens with zero attached hydrogens (tertiary/aromatic N) is 3. The zero-order valence-electron chi connectivity index (χ0n) is 20.8. The van der Waals surface area contributed by atoms with Gasteiger partial charge in [0.2, 0.25) is 11.8 Å². The van der Waals surface area contributed by atoms with E-state index in [1.807, 2.05) is 42.2 Å². The number of urea groups is 1. The second-order valence-corrected chi connectivity index (χ2v) is 11.0. The first kappa shape index (κ1) is 23.8. The van der Waals surface area contributed by atoms with Gasteiger partial charge in [0.05, 0.1) is 11.6 Å². The van der Waals surface area contributed by atoms with E-state index in [2.05, 4.69) is 5.32 Å². The number of benzene rings is 1. The van der Waals surface area contributed by atoms with E-state index in [1.165, 1.54) is 4.90 Å². The van der Waals surface area contributed by atoms with Crippen LogP contribution in [0.3, 0.4) is 0 Å². The van der Waals surface area contributed by atoms with Gasteiger partial charge in [-0.2, -0.15) is 0 Å². The van der Waals surface area contributed by atoms with Crippen molar-refractivity contribution < 1.29 is 19.2 Å². The highest BCUT2D eigenvalue weighted by Gasteiger charge is 2.57. The molecule has 0 aromatic heterocycles. The van der Waals surface area contributed by atoms with Crippen LogP contribution in [-0.4, -0.2) is 75.2 Å². The zero-order chi connectivity index (χ0) is 24.8. The molecule has 8 heteroatoms. The van der Waals surface area contributed by atoms with Crippen LogP contribution in [0, 0.1) is 0 Å². The predicted octanol–water partition coefficient (Wildman–Crippen LogP) is 2.85. The summed E-state index contributed by atoms with van der Waals surface area (Å²) in [5.41, 5.74) is -0.200. The number of imide groups is 1. The van der Waals surface area contributed by atoms with Crippen molar-refractivity contribution in [3.8, 4) is 0 Å². The highest BCUT2D eigenvalue weighted by molar-refractivity contribution is 6.09. The van der Waals surface area contributed by atoms with Crippen LogP contribution in [0.15, 0.2) is 30.3 Å². The molecule has 1 spiro atoms. The lowest BCUT2D eigenvalue weighted by atomic mass is 9.81. The number of nitrogens with one attached hydrogen (secondary N) is 1. The molecule has 1 aliphatic carbocycles. The first-order valence-electron chi connectivity index (χ1n) is 13.0. The van der Waals surface area contributed by atoms with E-state index in [4.69, 9.17) is 0 Å². The van der Waals surface area contributed by atoms with Crippen molar-refractivity contribution in [2.75, 3.05) is 13.6 Å². The Balaban J connectivity index is 1.42. The third kappa shape index (κ3) is 4.00. The molecular formula is C27H36N4O4. The summed E-state index contributed by atoms with van der Waals surface area (Å²) in [6.07, 6.45) is 7.41. The minimum Gasteiger partial charge on any atom is -0.349 e. The van der Waals surface area contributed by atoms with Gasteiger partial charge in [-0.05, 0) is 51.0 Å². The zero-order valence-corrected chi connectivity index (χ0v) is 20.8. The number of carbonyl (C=O) groups is 4. The van der Waals surface area contributed by atoms with Crippen LogP contribution in [0.5, 0.6) is 0 Å². The third-order valence-electron chi connectivity index (χ3n) is 8.81. The molecule has 1 aromatic carbocycles. The fourth-order valence-electron chi connectivity index (χ4n) is 7.04. The predicted molar refractivity (Wildman–Crippen MR) is 130 cm³/mol. The Labute approximate surface area is 207 Å². The van der Waals surface area contributed by atoms with Gasteiger partial charge in [0.1, 0.15) is 12.1 Å². The summed E-state index contributed by atoms with van der Waals surface area (Å²) in [6.45, 7) is 1.79. The lowest BCUT2D eigenvalue weighted by Gasteiger charge is -2.36. The van der Waals surface area contributed by atoms with Crippen molar-refractivity contribution >= 4 is 23.8 Å². The van der Waals surface area contributed by atoms with Gasteiger partial charge in [0, 0.05) is 19.5 Å². The number of rotatable bonds is 4. The van der Waals surface area contributed by atoms with Gasteiger partial charge < -0.3 is 15.1 Å². The molecule has 1 saturated carbocycles. The summed E-state index contributed by atoms with van der Waals surface area (Å²) in [5.74, 6) is -0.416. The van der Waals surface area contributed by atoms with Crippen LogP contribution in [0.1, 0.15) is 70.3 Å². The molecule has 3 atom stereocenters. The van der Waals surface area contributed by atoms with Crippen LogP contribution >= 0.6 is 0 Å². The summed E-state index contributed by atoms with van der Waals surface area (Å²) in [5, 5.41) is 3.19. The Kier molecular flexibility index (Phi) is 6.09. The summed E-state index contributed by atoms with van der Waals surface area (Å²) in [7, 11) is 1.70. The van der Waals surface area contributed by atoms with Crippen LogP contribution in [0.25, 0.3) is 0 Å². The fraction of sp³-hybridized carbons (Fsp3) is 0.630. The molecule has 3 aliphatic heterocycles. The molecule has 1 aromatic rings. The van der Waals surface area contributed by atoms with Gasteiger partial charge in [-0.3, -0.25) is 19.3 Å². The lowest BCUT2D eigenvalue weighted by molar-refractivity contribution is -0.142. The molecule has 0 radical (unpaired) electrons. The summed E-state index contributed by atoms with van der Waals surface area (Å²) >= 11 is 0. The maximum absolute atomic E-state index is 13.9. The van der Waals surface area contributed by atoms with Crippen molar-refractivity contribution in [2.24, 2.45) is 0 Å². The number of likely N-dealkylation sites (N-methyl/N-ethyl adjacent to an activating group) is 1. The van der Waals surface area contributed by atoms with E-state index < -0.39 is 11.1 Å². The van der Waals surface area contributed by atoms with E-state index >= 15 is 0 Å². The molecular weight excluding hydrogens is 444 g/mol. The average molecular weight is 481 g/mol. The smallest absolute Gasteiger partial charge is 0.327 e. The quantitative estimate of drug-likeness (QED) is 0.671. The highest BCUT2D eigenvalue weighted by Crippen LogP contribution is 2.41. The first-order chi connectivity index (χ1) is 16.7. The number of likely N-dealkylation sites (tertiary alicyclic amines) is 1. The van der Waals surface area contributed by atoms with Crippen LogP contribution < -0.4 is 5.32 Å². The molecule has 4 aliphatic rings. The number of amides is 5. The molecule has 8 nitrogen and oxygen atoms in total. The molecule has 3 heterocycles. The first-order valence-corrected chi connectivity index (χ1v) is 13.0. The van der Waals surface area contributed by atoms with Crippen LogP contribution in [0.2, 0.25) is 0 Å². The molecule has 5 rings (SSSR count). The van der Waals surface area contributed by atoms with E-state index in [9.17, 15) is 19.2 Å². The van der Waals surface area contributed by atoms with Crippen molar-refractivity contribution in [3.05, 3.63) is 35.9 Å². The molecule has 35 heavy (non-hydrogen) atoms. The maximum atomic E-state index is 13.9. The summed E-state index contributed by atoms with van der Waals surface area (Å²) in [4.78, 5) is 57.6. The molecule has 0 bridgehead atoms. The van der Waals surface area contributed by atoms with Crippen molar-refractivity contribution in [2.45, 2.75) is 94.3 Å². The van der Waals surface area contributed by atoms with E-state index in [0.29, 0.717) is 38.5 Å². The molecule has 3 saturated heterocycles. The van der Waals surface area contributed by atoms with Crippen LogP contribution in [-0.2, 0) is 20.8 Å². The third-order valence-corrected chi connectivity index (χ3v) is 8.81. The molecule has 0 unspecified atom stereocenters. The number of hydrogen-bond donors (Lipinski definition) is 1. The molecule has 1 N–H and O–H groups in total. The Morgan fingerprint density at radius 1 is 1.06 bits per heavy atom. The van der Waals surface area contributed by atoms with Crippen molar-refractivity contribution in [1.82, 2.24) is 20.0 Å². The van der Waals surface area contributed by atoms with E-state index in [1.54, 1.807) is 11.9 Å². The highest BCUT2D eigenvalue weighted by atomic mass is 16.2. The van der Waals surface area contributed by atoms with E-state index in [-0.39, 0.29) is 42.4 Å². The van der Waals surface area contributed by atoms with Crippen molar-refractivity contribution in [3.63, 3.8) is 0 Å². The monoisotopic (exact) mass is 480 g/mol. The van der Waals surface area contributed by atoms with Gasteiger partial charge in [-0.1, -0.05) is 49.6 Å². The largest absolute Gasteiger partial charge is 0.349 e. The molecule has 4 fully saturated rings. The van der Waals surface area contributed by atoms with Gasteiger partial charge >= 0.3 is 6.03 Å². The van der Waals surface area contributed by atoms with Gasteiger partial charge in [0.25, 0.3) is 5.91 Å². The Morgan fingerprint density at radius 3 is 2.49 bits per heavy atom. The number of fused-ring (bicyclic) bond motifs is 1. The number of carbonyl (C=O) groups excluding carboxylic acids is 4. The maximum Gasteiger partial charge on any atom is 0.327 e. The normalized spacial score (nSPS) is 30.5. The lowest BCUT2D eigenvalue weighted by Crippen LogP contribution is -2.56. The topological polar surface area (TPSA) is 90.0 Å². The van der Waals surface area contributed by atoms with Gasteiger partial charge in [-0.25, -0.2) is 4.79 Å². The Hall–Kier alpha value is -2.90. The van der Waals surface area contributed by atoms with Crippen LogP contribution in [0.4, 0.5) is 4.79 Å². The van der Waals surface area contributed by atoms with Gasteiger partial charge in [0.15, 0.2) is 0 Å². The standard InChI is InChI=1S/C27H36N4O4/c1-26-17-20(16-19-10-5-3-6-11-19)31(21(26)12-9-13-22(32)28-26)23(33)18-30-24(34)27(29(2)25(30)35)14-7-4-8-15-27/h3,5-6,10-11,20-21H,4,7-9,12-18H2,1-2H3,(H,28,32)/t20-,21+,26+/m1/s1. The van der Waals surface area contributed by atoms with Gasteiger partial charge in [-0.15, -0.1) is 0 Å². The fourth-order valence-corrected chi connectivity index (χ4v) is 7.04. The summed E-state index contributed by atoms with van der Waals surface area (Å²) < 4.78 is 0. The van der Waals surface area contributed by atoms with E-state index in [0.717, 1.165) is 31.2 Å².